The van der Waals surface area contributed by atoms with Crippen LogP contribution in [0.3, 0.4) is 0 Å². The largest absolute Gasteiger partial charge is 0.418 e. The van der Waals surface area contributed by atoms with Gasteiger partial charge in [0.25, 0.3) is 0 Å². The van der Waals surface area contributed by atoms with E-state index >= 15 is 0 Å². The number of benzene rings is 1. The summed E-state index contributed by atoms with van der Waals surface area (Å²) in [7, 11) is 0. The highest BCUT2D eigenvalue weighted by Gasteiger charge is 2.35. The smallest absolute Gasteiger partial charge is 0.355 e. The van der Waals surface area contributed by atoms with Crippen LogP contribution in [0.2, 0.25) is 0 Å². The molecule has 0 amide bonds. The summed E-state index contributed by atoms with van der Waals surface area (Å²) in [5.74, 6) is 0. The Morgan fingerprint density at radius 2 is 1.58 bits per heavy atom. The lowest BCUT2D eigenvalue weighted by Gasteiger charge is -2.16. The van der Waals surface area contributed by atoms with Crippen LogP contribution >= 0.6 is 0 Å². The molecule has 1 fully saturated rings. The standard InChI is InChI=1S/C27H23F6N5/c28-26(29,30)16-7-9-18(10-8-16)36-23-14-19(15-35-17-4-1-2-5-17)37-25-20(23)11-12-22(38-25)24-21(27(31,32)33)6-3-13-34-24/h3,6-14,17,35H,1-2,4-5,15H2,(H,36,37,38). The van der Waals surface area contributed by atoms with Gasteiger partial charge in [-0.2, -0.15) is 26.3 Å². The van der Waals surface area contributed by atoms with Gasteiger partial charge in [0, 0.05) is 29.9 Å². The first-order valence-corrected chi connectivity index (χ1v) is 12.1. The predicted molar refractivity (Wildman–Crippen MR) is 132 cm³/mol. The molecule has 11 heteroatoms. The molecule has 0 bridgehead atoms. The van der Waals surface area contributed by atoms with Gasteiger partial charge in [-0.25, -0.2) is 9.97 Å². The van der Waals surface area contributed by atoms with Crippen LogP contribution in [-0.4, -0.2) is 21.0 Å². The van der Waals surface area contributed by atoms with E-state index in [4.69, 9.17) is 0 Å². The van der Waals surface area contributed by atoms with E-state index in [-0.39, 0.29) is 17.0 Å². The molecule has 5 nitrogen and oxygen atoms in total. The van der Waals surface area contributed by atoms with Gasteiger partial charge in [-0.05, 0) is 67.4 Å². The van der Waals surface area contributed by atoms with Gasteiger partial charge < -0.3 is 10.6 Å². The number of pyridine rings is 3. The van der Waals surface area contributed by atoms with Gasteiger partial charge in [0.1, 0.15) is 5.69 Å². The maximum absolute atomic E-state index is 13.6. The van der Waals surface area contributed by atoms with Crippen molar-refractivity contribution in [1.29, 1.82) is 0 Å². The van der Waals surface area contributed by atoms with Crippen molar-refractivity contribution in [3.05, 3.63) is 77.6 Å². The molecular formula is C27H23F6N5. The molecule has 3 aromatic heterocycles. The second-order valence-corrected chi connectivity index (χ2v) is 9.19. The molecule has 0 unspecified atom stereocenters. The Balaban J connectivity index is 1.54. The Morgan fingerprint density at radius 3 is 2.26 bits per heavy atom. The van der Waals surface area contributed by atoms with E-state index in [1.54, 1.807) is 12.1 Å². The SMILES string of the molecule is FC(F)(F)c1ccc(Nc2cc(CNC3CCCC3)nc3nc(-c4ncccc4C(F)(F)F)ccc23)cc1. The van der Waals surface area contributed by atoms with Gasteiger partial charge in [-0.3, -0.25) is 4.98 Å². The fraction of sp³-hybridized carbons (Fsp3) is 0.296. The fourth-order valence-electron chi connectivity index (χ4n) is 4.60. The van der Waals surface area contributed by atoms with Crippen molar-refractivity contribution >= 4 is 22.4 Å². The third-order valence-corrected chi connectivity index (χ3v) is 6.50. The topological polar surface area (TPSA) is 62.7 Å². The zero-order valence-electron chi connectivity index (χ0n) is 20.0. The number of nitrogens with zero attached hydrogens (tertiary/aromatic N) is 3. The number of aromatic nitrogens is 3. The summed E-state index contributed by atoms with van der Waals surface area (Å²) in [6.07, 6.45) is -3.43. The average Bonchev–Trinajstić information content (AvgIpc) is 3.40. The van der Waals surface area contributed by atoms with Crippen molar-refractivity contribution in [2.45, 2.75) is 50.6 Å². The molecule has 1 aliphatic rings. The van der Waals surface area contributed by atoms with E-state index in [0.29, 0.717) is 35.0 Å². The lowest BCUT2D eigenvalue weighted by atomic mass is 10.1. The van der Waals surface area contributed by atoms with E-state index < -0.39 is 23.5 Å². The quantitative estimate of drug-likeness (QED) is 0.252. The number of rotatable bonds is 6. The van der Waals surface area contributed by atoms with Crippen molar-refractivity contribution in [3.63, 3.8) is 0 Å². The summed E-state index contributed by atoms with van der Waals surface area (Å²) < 4.78 is 79.7. The van der Waals surface area contributed by atoms with Crippen molar-refractivity contribution in [2.75, 3.05) is 5.32 Å². The van der Waals surface area contributed by atoms with Gasteiger partial charge in [0.2, 0.25) is 0 Å². The summed E-state index contributed by atoms with van der Waals surface area (Å²) in [5, 5.41) is 7.07. The van der Waals surface area contributed by atoms with E-state index in [1.807, 2.05) is 0 Å². The third-order valence-electron chi connectivity index (χ3n) is 6.50. The zero-order chi connectivity index (χ0) is 26.9. The number of halogens is 6. The van der Waals surface area contributed by atoms with Crippen molar-refractivity contribution in [1.82, 2.24) is 20.3 Å². The highest BCUT2D eigenvalue weighted by molar-refractivity contribution is 5.92. The molecule has 1 saturated carbocycles. The van der Waals surface area contributed by atoms with Gasteiger partial charge in [-0.15, -0.1) is 0 Å². The van der Waals surface area contributed by atoms with Crippen molar-refractivity contribution in [2.24, 2.45) is 0 Å². The summed E-state index contributed by atoms with van der Waals surface area (Å²) in [6.45, 7) is 0.408. The Hall–Kier alpha value is -3.73. The minimum absolute atomic E-state index is 0.0132. The Labute approximate surface area is 214 Å². The number of hydrogen-bond donors (Lipinski definition) is 2. The fourth-order valence-corrected chi connectivity index (χ4v) is 4.60. The maximum Gasteiger partial charge on any atom is 0.418 e. The summed E-state index contributed by atoms with van der Waals surface area (Å²) in [5.41, 5.74) is -0.251. The first kappa shape index (κ1) is 25.9. The van der Waals surface area contributed by atoms with E-state index in [9.17, 15) is 26.3 Å². The van der Waals surface area contributed by atoms with Crippen LogP contribution in [0.25, 0.3) is 22.4 Å². The molecule has 0 radical (unpaired) electrons. The predicted octanol–water partition coefficient (Wildman–Crippen LogP) is 7.51. The van der Waals surface area contributed by atoms with Crippen LogP contribution in [-0.2, 0) is 18.9 Å². The molecule has 3 heterocycles. The molecule has 0 spiro atoms. The van der Waals surface area contributed by atoms with Crippen LogP contribution in [0.15, 0.2) is 60.8 Å². The lowest BCUT2D eigenvalue weighted by Crippen LogP contribution is -2.25. The van der Waals surface area contributed by atoms with E-state index in [2.05, 4.69) is 25.6 Å². The van der Waals surface area contributed by atoms with Gasteiger partial charge >= 0.3 is 12.4 Å². The van der Waals surface area contributed by atoms with Crippen molar-refractivity contribution in [3.8, 4) is 11.4 Å². The van der Waals surface area contributed by atoms with Crippen molar-refractivity contribution < 1.29 is 26.3 Å². The molecule has 1 aliphatic carbocycles. The maximum atomic E-state index is 13.6. The molecule has 38 heavy (non-hydrogen) atoms. The Morgan fingerprint density at radius 1 is 0.842 bits per heavy atom. The normalized spacial score (nSPS) is 14.8. The minimum Gasteiger partial charge on any atom is -0.355 e. The second kappa shape index (κ2) is 10.2. The summed E-state index contributed by atoms with van der Waals surface area (Å²) >= 11 is 0. The first-order valence-electron chi connectivity index (χ1n) is 12.1. The van der Waals surface area contributed by atoms with Crippen LogP contribution in [0.1, 0.15) is 42.5 Å². The van der Waals surface area contributed by atoms with Crippen LogP contribution in [0, 0.1) is 0 Å². The molecule has 5 rings (SSSR count). The summed E-state index contributed by atoms with van der Waals surface area (Å²) in [4.78, 5) is 12.9. The molecule has 0 atom stereocenters. The van der Waals surface area contributed by atoms with Crippen LogP contribution < -0.4 is 10.6 Å². The molecule has 4 aromatic rings. The van der Waals surface area contributed by atoms with Gasteiger partial charge in [-0.1, -0.05) is 12.8 Å². The Bertz CT molecular complexity index is 1430. The minimum atomic E-state index is -4.62. The first-order chi connectivity index (χ1) is 18.1. The highest BCUT2D eigenvalue weighted by atomic mass is 19.4. The third kappa shape index (κ3) is 5.72. The number of anilines is 2. The average molecular weight is 532 g/mol. The molecular weight excluding hydrogens is 508 g/mol. The number of fused-ring (bicyclic) bond motifs is 1. The van der Waals surface area contributed by atoms with E-state index in [1.165, 1.54) is 30.5 Å². The number of alkyl halides is 6. The second-order valence-electron chi connectivity index (χ2n) is 9.19. The van der Waals surface area contributed by atoms with Crippen LogP contribution in [0.4, 0.5) is 37.7 Å². The lowest BCUT2D eigenvalue weighted by molar-refractivity contribution is -0.138. The summed E-state index contributed by atoms with van der Waals surface area (Å²) in [6, 6.07) is 11.9. The van der Waals surface area contributed by atoms with Crippen LogP contribution in [0.5, 0.6) is 0 Å². The zero-order valence-corrected chi connectivity index (χ0v) is 20.0. The van der Waals surface area contributed by atoms with Gasteiger partial charge in [0.15, 0.2) is 5.65 Å². The highest BCUT2D eigenvalue weighted by Crippen LogP contribution is 2.36. The van der Waals surface area contributed by atoms with E-state index in [0.717, 1.165) is 43.9 Å². The van der Waals surface area contributed by atoms with Gasteiger partial charge in [0.05, 0.1) is 28.2 Å². The molecule has 2 N–H and O–H groups in total. The number of nitrogens with one attached hydrogen (secondary N) is 2. The molecule has 0 aliphatic heterocycles. The number of hydrogen-bond acceptors (Lipinski definition) is 5. The molecule has 0 saturated heterocycles. The monoisotopic (exact) mass is 531 g/mol. The molecule has 198 valence electrons. The molecule has 1 aromatic carbocycles. The Kier molecular flexibility index (Phi) is 6.95.